The molecule has 0 aliphatic rings. The van der Waals surface area contributed by atoms with Crippen molar-refractivity contribution in [1.82, 2.24) is 0 Å². The normalized spacial score (nSPS) is 15.6. The fourth-order valence-electron chi connectivity index (χ4n) is 6.09. The van der Waals surface area contributed by atoms with Crippen LogP contribution < -0.4 is 5.11 Å². The van der Waals surface area contributed by atoms with Crippen LogP contribution in [0.15, 0.2) is 12.2 Å². The van der Waals surface area contributed by atoms with E-state index in [4.69, 9.17) is 0 Å². The monoisotopic (exact) mass is 553 g/mol. The van der Waals surface area contributed by atoms with Gasteiger partial charge in [-0.3, -0.25) is 4.48 Å². The van der Waals surface area contributed by atoms with Crippen molar-refractivity contribution in [3.8, 4) is 0 Å². The molecule has 0 amide bonds. The summed E-state index contributed by atoms with van der Waals surface area (Å²) in [6.45, 7) is 8.02. The summed E-state index contributed by atoms with van der Waals surface area (Å²) in [4.78, 5) is 37.5. The van der Waals surface area contributed by atoms with Gasteiger partial charge in [0.15, 0.2) is 12.1 Å². The van der Waals surface area contributed by atoms with Crippen molar-refractivity contribution < 1.29 is 34.2 Å². The number of allylic oxidation sites excluding steroid dienone is 2. The van der Waals surface area contributed by atoms with Crippen LogP contribution in [0.1, 0.15) is 150 Å². The SMILES string of the molecule is CCCCC/C=C/CCCCCCCCCC[N+](C(CCC)C(=O)[O-])(C(CCC)C(=O)O)C(CCC)C(=O)O. The maximum atomic E-state index is 12.5. The van der Waals surface area contributed by atoms with E-state index in [9.17, 15) is 29.7 Å². The Morgan fingerprint density at radius 1 is 0.590 bits per heavy atom. The van der Waals surface area contributed by atoms with Gasteiger partial charge in [-0.05, 0) is 51.4 Å². The first-order chi connectivity index (χ1) is 18.7. The van der Waals surface area contributed by atoms with Crippen LogP contribution in [0.5, 0.6) is 0 Å². The van der Waals surface area contributed by atoms with E-state index in [0.717, 1.165) is 32.1 Å². The van der Waals surface area contributed by atoms with Gasteiger partial charge < -0.3 is 20.1 Å². The zero-order valence-electron chi connectivity index (χ0n) is 25.5. The Kier molecular flexibility index (Phi) is 21.8. The van der Waals surface area contributed by atoms with Gasteiger partial charge in [0.05, 0.1) is 12.5 Å². The molecule has 0 radical (unpaired) electrons. The highest BCUT2D eigenvalue weighted by molar-refractivity contribution is 5.77. The lowest BCUT2D eigenvalue weighted by molar-refractivity contribution is -0.975. The molecule has 0 saturated carbocycles. The fraction of sp³-hybridized carbons (Fsp3) is 0.844. The van der Waals surface area contributed by atoms with Crippen molar-refractivity contribution in [3.05, 3.63) is 12.2 Å². The summed E-state index contributed by atoms with van der Waals surface area (Å²) in [7, 11) is 0. The minimum atomic E-state index is -1.34. The lowest BCUT2D eigenvalue weighted by Crippen LogP contribution is -2.74. The summed E-state index contributed by atoms with van der Waals surface area (Å²) in [5, 5.41) is 32.9. The molecular weight excluding hydrogens is 494 g/mol. The second-order valence-corrected chi connectivity index (χ2v) is 11.2. The molecule has 39 heavy (non-hydrogen) atoms. The van der Waals surface area contributed by atoms with Crippen molar-refractivity contribution in [3.63, 3.8) is 0 Å². The Labute approximate surface area is 238 Å². The highest BCUT2D eigenvalue weighted by Crippen LogP contribution is 2.34. The summed E-state index contributed by atoms with van der Waals surface area (Å²) < 4.78 is -0.436. The molecule has 0 heterocycles. The van der Waals surface area contributed by atoms with E-state index in [2.05, 4.69) is 19.1 Å². The van der Waals surface area contributed by atoms with Crippen molar-refractivity contribution in [2.75, 3.05) is 6.54 Å². The molecule has 0 spiro atoms. The standard InChI is InChI=1S/C32H59NO6/c1-5-9-10-11-12-13-14-15-16-17-18-19-20-21-22-26-33(27(23-6-2)30(34)35,28(24-7-3)31(36)37)29(25-8-4)32(38)39/h12-13,27-29H,5-11,14-26H2,1-4H3,(H2-,34,35,36,37,38,39)/b13-12+. The first kappa shape index (κ1) is 37.1. The van der Waals surface area contributed by atoms with Crippen LogP contribution in [0.2, 0.25) is 0 Å². The largest absolute Gasteiger partial charge is 0.544 e. The molecule has 0 aromatic heterocycles. The van der Waals surface area contributed by atoms with Crippen LogP contribution in [0, 0.1) is 0 Å². The van der Waals surface area contributed by atoms with Gasteiger partial charge in [0.2, 0.25) is 0 Å². The molecule has 0 aliphatic heterocycles. The number of carbonyl (C=O) groups is 3. The van der Waals surface area contributed by atoms with Crippen molar-refractivity contribution >= 4 is 17.9 Å². The van der Waals surface area contributed by atoms with Crippen molar-refractivity contribution in [2.45, 2.75) is 168 Å². The second kappa shape index (κ2) is 22.9. The minimum Gasteiger partial charge on any atom is -0.544 e. The van der Waals surface area contributed by atoms with Crippen LogP contribution in [0.3, 0.4) is 0 Å². The van der Waals surface area contributed by atoms with Gasteiger partial charge >= 0.3 is 11.9 Å². The van der Waals surface area contributed by atoms with Gasteiger partial charge in [0, 0.05) is 19.3 Å². The Balaban J connectivity index is 5.22. The van der Waals surface area contributed by atoms with Gasteiger partial charge in [-0.15, -0.1) is 0 Å². The molecule has 3 atom stereocenters. The lowest BCUT2D eigenvalue weighted by Gasteiger charge is -2.52. The molecule has 7 nitrogen and oxygen atoms in total. The smallest absolute Gasteiger partial charge is 0.362 e. The number of quaternary nitrogens is 1. The molecule has 0 saturated heterocycles. The third-order valence-corrected chi connectivity index (χ3v) is 8.08. The Morgan fingerprint density at radius 2 is 0.974 bits per heavy atom. The third kappa shape index (κ3) is 13.8. The molecule has 0 fully saturated rings. The predicted octanol–water partition coefficient (Wildman–Crippen LogP) is 6.88. The highest BCUT2D eigenvalue weighted by atomic mass is 16.4. The molecular formula is C32H59NO6. The number of hydrogen-bond donors (Lipinski definition) is 2. The van der Waals surface area contributed by atoms with Gasteiger partial charge in [-0.2, -0.15) is 0 Å². The number of nitrogens with zero attached hydrogens (tertiary/aromatic N) is 1. The molecule has 7 heteroatoms. The lowest BCUT2D eigenvalue weighted by atomic mass is 9.91. The molecule has 0 bridgehead atoms. The quantitative estimate of drug-likeness (QED) is 0.0651. The maximum absolute atomic E-state index is 12.5. The molecule has 2 N–H and O–H groups in total. The number of hydrogen-bond acceptors (Lipinski definition) is 4. The van der Waals surface area contributed by atoms with E-state index in [1.807, 2.05) is 20.8 Å². The van der Waals surface area contributed by atoms with Gasteiger partial charge in [-0.25, -0.2) is 9.59 Å². The Morgan fingerprint density at radius 3 is 1.36 bits per heavy atom. The Hall–Kier alpha value is -1.89. The summed E-state index contributed by atoms with van der Waals surface area (Å²) in [5.74, 6) is -3.56. The van der Waals surface area contributed by atoms with E-state index in [0.29, 0.717) is 25.7 Å². The van der Waals surface area contributed by atoms with E-state index >= 15 is 0 Å². The maximum Gasteiger partial charge on any atom is 0.362 e. The molecule has 3 unspecified atom stereocenters. The number of carboxylic acids is 3. The Bertz CT molecular complexity index is 632. The zero-order chi connectivity index (χ0) is 29.5. The van der Waals surface area contributed by atoms with Gasteiger partial charge in [-0.1, -0.05) is 91.2 Å². The number of rotatable bonds is 27. The summed E-state index contributed by atoms with van der Waals surface area (Å²) in [6, 6.07) is -3.33. The average molecular weight is 554 g/mol. The van der Waals surface area contributed by atoms with Crippen LogP contribution in [0.25, 0.3) is 0 Å². The number of carboxylic acid groups (broad SMARTS) is 3. The summed E-state index contributed by atoms with van der Waals surface area (Å²) in [5.41, 5.74) is 0. The fourth-order valence-corrected chi connectivity index (χ4v) is 6.09. The van der Waals surface area contributed by atoms with Gasteiger partial charge in [0.1, 0.15) is 6.04 Å². The van der Waals surface area contributed by atoms with E-state index in [-0.39, 0.29) is 25.8 Å². The second-order valence-electron chi connectivity index (χ2n) is 11.2. The van der Waals surface area contributed by atoms with Crippen LogP contribution in [-0.4, -0.2) is 57.3 Å². The molecule has 0 aliphatic carbocycles. The number of aliphatic carboxylic acids is 3. The third-order valence-electron chi connectivity index (χ3n) is 8.08. The van der Waals surface area contributed by atoms with Crippen LogP contribution in [0.4, 0.5) is 0 Å². The summed E-state index contributed by atoms with van der Waals surface area (Å²) >= 11 is 0. The van der Waals surface area contributed by atoms with Crippen molar-refractivity contribution in [1.29, 1.82) is 0 Å². The molecule has 228 valence electrons. The molecule has 0 aromatic carbocycles. The first-order valence-electron chi connectivity index (χ1n) is 15.9. The molecule has 0 aromatic rings. The van der Waals surface area contributed by atoms with E-state index in [1.165, 1.54) is 44.9 Å². The minimum absolute atomic E-state index is 0.206. The van der Waals surface area contributed by atoms with Crippen molar-refractivity contribution in [2.24, 2.45) is 0 Å². The average Bonchev–Trinajstić information content (AvgIpc) is 2.89. The van der Waals surface area contributed by atoms with E-state index in [1.54, 1.807) is 0 Å². The topological polar surface area (TPSA) is 115 Å². The zero-order valence-corrected chi connectivity index (χ0v) is 25.5. The first-order valence-corrected chi connectivity index (χ1v) is 15.9. The van der Waals surface area contributed by atoms with E-state index < -0.39 is 40.5 Å². The predicted molar refractivity (Wildman–Crippen MR) is 156 cm³/mol. The van der Waals surface area contributed by atoms with Crippen LogP contribution >= 0.6 is 0 Å². The highest BCUT2D eigenvalue weighted by Gasteiger charge is 2.54. The van der Waals surface area contributed by atoms with Gasteiger partial charge in [0.25, 0.3) is 0 Å². The number of unbranched alkanes of at least 4 members (excludes halogenated alkanes) is 11. The molecule has 0 rings (SSSR count). The summed E-state index contributed by atoms with van der Waals surface area (Å²) in [6.07, 6.45) is 21.4. The number of carbonyl (C=O) groups excluding carboxylic acids is 1. The van der Waals surface area contributed by atoms with Crippen LogP contribution in [-0.2, 0) is 14.4 Å².